The predicted octanol–water partition coefficient (Wildman–Crippen LogP) is 0.329. The maximum atomic E-state index is 11.5. The zero-order valence-electron chi connectivity index (χ0n) is 10.7. The van der Waals surface area contributed by atoms with Crippen LogP contribution < -0.4 is 11.1 Å². The van der Waals surface area contributed by atoms with Gasteiger partial charge in [0.05, 0.1) is 0 Å². The van der Waals surface area contributed by atoms with E-state index in [0.717, 1.165) is 32.1 Å². The molecule has 3 N–H and O–H groups in total. The third-order valence-corrected chi connectivity index (χ3v) is 2.75. The van der Waals surface area contributed by atoms with Crippen LogP contribution in [0.2, 0.25) is 0 Å². The Morgan fingerprint density at radius 2 is 2.22 bits per heavy atom. The van der Waals surface area contributed by atoms with Gasteiger partial charge in [-0.2, -0.15) is 0 Å². The molecule has 0 spiro atoms. The molecular formula is C13H20N2O3. The molecule has 100 valence electrons. The molecule has 0 heterocycles. The number of nitrogens with two attached hydrogens (primary N) is 1. The third kappa shape index (κ3) is 5.69. The highest BCUT2D eigenvalue weighted by Crippen LogP contribution is 2.10. The summed E-state index contributed by atoms with van der Waals surface area (Å²) < 4.78 is 5.42. The second-order valence-electron chi connectivity index (χ2n) is 4.41. The van der Waals surface area contributed by atoms with Crippen LogP contribution in [-0.2, 0) is 14.3 Å². The van der Waals surface area contributed by atoms with Gasteiger partial charge in [0.15, 0.2) is 0 Å². The van der Waals surface area contributed by atoms with Gasteiger partial charge in [-0.25, -0.2) is 0 Å². The van der Waals surface area contributed by atoms with Crippen LogP contribution in [0.15, 0.2) is 0 Å². The quantitative estimate of drug-likeness (QED) is 0.692. The molecule has 1 unspecified atom stereocenters. The maximum Gasteiger partial charge on any atom is 0.246 e. The molecule has 18 heavy (non-hydrogen) atoms. The zero-order valence-corrected chi connectivity index (χ0v) is 10.7. The van der Waals surface area contributed by atoms with Crippen LogP contribution in [-0.4, -0.2) is 30.6 Å². The van der Waals surface area contributed by atoms with E-state index in [1.54, 1.807) is 0 Å². The summed E-state index contributed by atoms with van der Waals surface area (Å²) in [6.07, 6.45) is 4.92. The molecule has 0 aliphatic heterocycles. The van der Waals surface area contributed by atoms with Gasteiger partial charge in [0.2, 0.25) is 11.8 Å². The SMILES string of the molecule is C[C@H](NC(=O)COC1C#CCCCCC1)C(N)=O. The van der Waals surface area contributed by atoms with E-state index in [1.807, 2.05) is 0 Å². The number of primary amides is 1. The van der Waals surface area contributed by atoms with E-state index < -0.39 is 11.9 Å². The van der Waals surface area contributed by atoms with Crippen LogP contribution in [0.4, 0.5) is 0 Å². The zero-order chi connectivity index (χ0) is 13.4. The number of ether oxygens (including phenoxy) is 1. The molecule has 2 amide bonds. The Kier molecular flexibility index (Phi) is 6.23. The maximum absolute atomic E-state index is 11.5. The summed E-state index contributed by atoms with van der Waals surface area (Å²) in [5.41, 5.74) is 5.04. The molecule has 1 aliphatic carbocycles. The Hall–Kier alpha value is -1.54. The van der Waals surface area contributed by atoms with Crippen LogP contribution in [0.1, 0.15) is 39.0 Å². The standard InChI is InChI=1S/C13H20N2O3/c1-10(13(14)17)15-12(16)9-18-11-7-5-3-2-4-6-8-11/h10-11H,2-5,7,9H2,1H3,(H2,14,17)(H,15,16)/t10-,11?/m0/s1. The highest BCUT2D eigenvalue weighted by molar-refractivity contribution is 5.86. The van der Waals surface area contributed by atoms with Gasteiger partial charge < -0.3 is 15.8 Å². The summed E-state index contributed by atoms with van der Waals surface area (Å²) in [7, 11) is 0. The van der Waals surface area contributed by atoms with Crippen molar-refractivity contribution in [3.63, 3.8) is 0 Å². The predicted molar refractivity (Wildman–Crippen MR) is 67.4 cm³/mol. The molecule has 0 aromatic carbocycles. The number of carbonyl (C=O) groups is 2. The molecule has 5 heteroatoms. The summed E-state index contributed by atoms with van der Waals surface area (Å²) in [6, 6.07) is -0.676. The van der Waals surface area contributed by atoms with Crippen LogP contribution >= 0.6 is 0 Å². The fraction of sp³-hybridized carbons (Fsp3) is 0.692. The molecule has 0 saturated heterocycles. The molecule has 1 aliphatic rings. The first kappa shape index (κ1) is 14.5. The van der Waals surface area contributed by atoms with Crippen molar-refractivity contribution in [2.45, 2.75) is 51.2 Å². The normalized spacial score (nSPS) is 20.8. The lowest BCUT2D eigenvalue weighted by Gasteiger charge is -2.15. The summed E-state index contributed by atoms with van der Waals surface area (Å²) >= 11 is 0. The summed E-state index contributed by atoms with van der Waals surface area (Å²) in [6.45, 7) is 1.45. The van der Waals surface area contributed by atoms with E-state index in [0.29, 0.717) is 0 Å². The van der Waals surface area contributed by atoms with Crippen molar-refractivity contribution >= 4 is 11.8 Å². The second kappa shape index (κ2) is 7.72. The van der Waals surface area contributed by atoms with E-state index in [4.69, 9.17) is 10.5 Å². The number of hydrogen-bond acceptors (Lipinski definition) is 3. The van der Waals surface area contributed by atoms with E-state index >= 15 is 0 Å². The molecule has 1 rings (SSSR count). The first-order chi connectivity index (χ1) is 8.59. The van der Waals surface area contributed by atoms with Gasteiger partial charge in [-0.1, -0.05) is 12.3 Å². The number of carbonyl (C=O) groups excluding carboxylic acids is 2. The lowest BCUT2D eigenvalue weighted by molar-refractivity contribution is -0.130. The Balaban J connectivity index is 2.30. The van der Waals surface area contributed by atoms with Gasteiger partial charge >= 0.3 is 0 Å². The largest absolute Gasteiger partial charge is 0.368 e. The summed E-state index contributed by atoms with van der Waals surface area (Å²) in [5, 5.41) is 2.46. The highest BCUT2D eigenvalue weighted by Gasteiger charge is 2.14. The third-order valence-electron chi connectivity index (χ3n) is 2.75. The Morgan fingerprint density at radius 3 is 2.94 bits per heavy atom. The van der Waals surface area contributed by atoms with Crippen molar-refractivity contribution < 1.29 is 14.3 Å². The minimum Gasteiger partial charge on any atom is -0.368 e. The smallest absolute Gasteiger partial charge is 0.246 e. The van der Waals surface area contributed by atoms with Crippen LogP contribution in [0, 0.1) is 11.8 Å². The molecule has 0 aromatic rings. The van der Waals surface area contributed by atoms with Crippen molar-refractivity contribution in [2.24, 2.45) is 5.73 Å². The number of rotatable bonds is 5. The van der Waals surface area contributed by atoms with Gasteiger partial charge in [-0.05, 0) is 26.2 Å². The molecule has 0 saturated carbocycles. The minimum atomic E-state index is -0.676. The monoisotopic (exact) mass is 252 g/mol. The van der Waals surface area contributed by atoms with Gasteiger partial charge in [0, 0.05) is 6.42 Å². The van der Waals surface area contributed by atoms with E-state index in [2.05, 4.69) is 17.2 Å². The van der Waals surface area contributed by atoms with Crippen molar-refractivity contribution in [3.8, 4) is 11.8 Å². The van der Waals surface area contributed by atoms with Crippen LogP contribution in [0.25, 0.3) is 0 Å². The summed E-state index contributed by atoms with van der Waals surface area (Å²) in [4.78, 5) is 22.2. The topological polar surface area (TPSA) is 81.4 Å². The molecule has 0 fully saturated rings. The fourth-order valence-corrected chi connectivity index (χ4v) is 1.63. The first-order valence-electron chi connectivity index (χ1n) is 6.28. The average Bonchev–Trinajstić information content (AvgIpc) is 2.27. The molecular weight excluding hydrogens is 232 g/mol. The molecule has 2 atom stereocenters. The molecule has 5 nitrogen and oxygen atoms in total. The minimum absolute atomic E-state index is 0.0863. The van der Waals surface area contributed by atoms with Crippen molar-refractivity contribution in [1.82, 2.24) is 5.32 Å². The van der Waals surface area contributed by atoms with Gasteiger partial charge in [-0.3, -0.25) is 9.59 Å². The molecule has 0 aromatic heterocycles. The molecule has 0 bridgehead atoms. The number of nitrogens with one attached hydrogen (secondary N) is 1. The summed E-state index contributed by atoms with van der Waals surface area (Å²) in [5.74, 6) is 5.14. The van der Waals surface area contributed by atoms with Crippen molar-refractivity contribution in [1.29, 1.82) is 0 Å². The van der Waals surface area contributed by atoms with Crippen LogP contribution in [0.5, 0.6) is 0 Å². The Labute approximate surface area is 107 Å². The van der Waals surface area contributed by atoms with E-state index in [-0.39, 0.29) is 18.6 Å². The fourth-order valence-electron chi connectivity index (χ4n) is 1.63. The van der Waals surface area contributed by atoms with Crippen molar-refractivity contribution in [2.75, 3.05) is 6.61 Å². The Bertz CT molecular complexity index is 357. The Morgan fingerprint density at radius 1 is 1.44 bits per heavy atom. The average molecular weight is 252 g/mol. The van der Waals surface area contributed by atoms with Crippen molar-refractivity contribution in [3.05, 3.63) is 0 Å². The second-order valence-corrected chi connectivity index (χ2v) is 4.41. The highest BCUT2D eigenvalue weighted by atomic mass is 16.5. The van der Waals surface area contributed by atoms with E-state index in [9.17, 15) is 9.59 Å². The van der Waals surface area contributed by atoms with Crippen LogP contribution in [0.3, 0.4) is 0 Å². The van der Waals surface area contributed by atoms with Gasteiger partial charge in [0.25, 0.3) is 0 Å². The number of hydrogen-bond donors (Lipinski definition) is 2. The van der Waals surface area contributed by atoms with Gasteiger partial charge in [-0.15, -0.1) is 5.92 Å². The lowest BCUT2D eigenvalue weighted by Crippen LogP contribution is -2.44. The van der Waals surface area contributed by atoms with Gasteiger partial charge in [0.1, 0.15) is 18.8 Å². The van der Waals surface area contributed by atoms with E-state index in [1.165, 1.54) is 6.92 Å². The lowest BCUT2D eigenvalue weighted by atomic mass is 10.1. The molecule has 0 radical (unpaired) electrons. The first-order valence-corrected chi connectivity index (χ1v) is 6.28. The number of amides is 2.